The Balaban J connectivity index is 1.45. The molecule has 6 nitrogen and oxygen atoms in total. The van der Waals surface area contributed by atoms with Gasteiger partial charge in [-0.05, 0) is 42.8 Å². The second-order valence-electron chi connectivity index (χ2n) is 6.83. The molecule has 0 atom stereocenters. The zero-order valence-corrected chi connectivity index (χ0v) is 17.0. The highest BCUT2D eigenvalue weighted by Gasteiger charge is 2.14. The Morgan fingerprint density at radius 3 is 2.59 bits per heavy atom. The van der Waals surface area contributed by atoms with Gasteiger partial charge in [-0.3, -0.25) is 4.90 Å². The van der Waals surface area contributed by atoms with E-state index in [0.717, 1.165) is 30.8 Å². The van der Waals surface area contributed by atoms with Gasteiger partial charge < -0.3 is 8.98 Å². The quantitative estimate of drug-likeness (QED) is 0.412. The summed E-state index contributed by atoms with van der Waals surface area (Å²) in [7, 11) is 0. The molecule has 0 radical (unpaired) electrons. The normalized spacial score (nSPS) is 11.3. The molecule has 4 aromatic rings. The summed E-state index contributed by atoms with van der Waals surface area (Å²) in [5.74, 6) is 1.04. The van der Waals surface area contributed by atoms with Crippen molar-refractivity contribution in [2.75, 3.05) is 6.54 Å². The molecule has 0 saturated carbocycles. The van der Waals surface area contributed by atoms with Crippen LogP contribution in [-0.2, 0) is 13.1 Å². The van der Waals surface area contributed by atoms with Crippen molar-refractivity contribution in [3.05, 3.63) is 83.7 Å². The number of hydrogen-bond donors (Lipinski definition) is 0. The number of hydrogen-bond acceptors (Lipinski definition) is 5. The minimum Gasteiger partial charge on any atom is -0.419 e. The van der Waals surface area contributed by atoms with E-state index in [9.17, 15) is 0 Å². The predicted molar refractivity (Wildman–Crippen MR) is 113 cm³/mol. The van der Waals surface area contributed by atoms with Crippen LogP contribution in [0.2, 0.25) is 5.02 Å². The average Bonchev–Trinajstić information content (AvgIpc) is 3.42. The number of aromatic nitrogens is 4. The van der Waals surface area contributed by atoms with Crippen molar-refractivity contribution < 1.29 is 4.42 Å². The molecule has 2 aromatic heterocycles. The molecule has 4 rings (SSSR count). The minimum absolute atomic E-state index is 0.451. The lowest BCUT2D eigenvalue weighted by molar-refractivity contribution is 0.232. The zero-order valence-electron chi connectivity index (χ0n) is 16.2. The second-order valence-corrected chi connectivity index (χ2v) is 7.24. The molecule has 0 spiro atoms. The molecule has 2 heterocycles. The summed E-state index contributed by atoms with van der Waals surface area (Å²) in [6, 6.07) is 16.0. The summed E-state index contributed by atoms with van der Waals surface area (Å²) in [4.78, 5) is 6.39. The van der Waals surface area contributed by atoms with Crippen LogP contribution in [0.1, 0.15) is 24.8 Å². The monoisotopic (exact) mass is 407 g/mol. The van der Waals surface area contributed by atoms with Crippen molar-refractivity contribution in [1.29, 1.82) is 0 Å². The van der Waals surface area contributed by atoms with Crippen LogP contribution in [0.15, 0.2) is 71.7 Å². The number of rotatable bonds is 8. The zero-order chi connectivity index (χ0) is 20.1. The summed E-state index contributed by atoms with van der Waals surface area (Å²) >= 11 is 6.24. The lowest BCUT2D eigenvalue weighted by atomic mass is 10.2. The largest absolute Gasteiger partial charge is 0.419 e. The smallest absolute Gasteiger partial charge is 0.249 e. The van der Waals surface area contributed by atoms with E-state index in [-0.39, 0.29) is 0 Å². The predicted octanol–water partition coefficient (Wildman–Crippen LogP) is 4.99. The third kappa shape index (κ3) is 4.72. The van der Waals surface area contributed by atoms with E-state index in [4.69, 9.17) is 16.0 Å². The summed E-state index contributed by atoms with van der Waals surface area (Å²) in [5.41, 5.74) is 3.08. The second kappa shape index (κ2) is 9.03. The van der Waals surface area contributed by atoms with Gasteiger partial charge in [0.1, 0.15) is 0 Å². The van der Waals surface area contributed by atoms with E-state index in [1.165, 1.54) is 5.56 Å². The van der Waals surface area contributed by atoms with Gasteiger partial charge in [0.15, 0.2) is 0 Å². The van der Waals surface area contributed by atoms with Crippen molar-refractivity contribution in [3.63, 3.8) is 0 Å². The Morgan fingerprint density at radius 2 is 1.86 bits per heavy atom. The van der Waals surface area contributed by atoms with Gasteiger partial charge in [0.25, 0.3) is 0 Å². The fourth-order valence-electron chi connectivity index (χ4n) is 3.23. The summed E-state index contributed by atoms with van der Waals surface area (Å²) in [6.45, 7) is 4.50. The van der Waals surface area contributed by atoms with E-state index in [2.05, 4.69) is 51.3 Å². The van der Waals surface area contributed by atoms with Gasteiger partial charge in [-0.25, -0.2) is 4.98 Å². The van der Waals surface area contributed by atoms with Crippen LogP contribution in [0.4, 0.5) is 0 Å². The maximum Gasteiger partial charge on any atom is 0.249 e. The average molecular weight is 408 g/mol. The maximum atomic E-state index is 6.24. The summed E-state index contributed by atoms with van der Waals surface area (Å²) < 4.78 is 7.86. The first-order chi connectivity index (χ1) is 14.2. The Bertz CT molecular complexity index is 1040. The Kier molecular flexibility index (Phi) is 6.03. The molecule has 0 saturated heterocycles. The van der Waals surface area contributed by atoms with E-state index in [1.807, 2.05) is 35.0 Å². The third-order valence-corrected chi connectivity index (χ3v) is 4.94. The van der Waals surface area contributed by atoms with Crippen LogP contribution in [-0.4, -0.2) is 31.2 Å². The molecule has 0 unspecified atom stereocenters. The maximum absolute atomic E-state index is 6.24. The van der Waals surface area contributed by atoms with Gasteiger partial charge in [-0.1, -0.05) is 42.8 Å². The standard InChI is InChI=1S/C22H22ClN5O/c1-2-12-27(14-17-7-9-18(10-8-17)28-13-11-24-16-28)15-21-25-26-22(29-21)19-5-3-4-6-20(19)23/h3-11,13,16H,2,12,14-15H2,1H3. The molecular formula is C22H22ClN5O. The summed E-state index contributed by atoms with van der Waals surface area (Å²) in [6.07, 6.45) is 6.55. The van der Waals surface area contributed by atoms with Gasteiger partial charge in [-0.2, -0.15) is 0 Å². The first kappa shape index (κ1) is 19.4. The Labute approximate surface area is 174 Å². The highest BCUT2D eigenvalue weighted by molar-refractivity contribution is 6.33. The number of imidazole rings is 1. The molecule has 0 aliphatic heterocycles. The number of nitrogens with zero attached hydrogens (tertiary/aromatic N) is 5. The van der Waals surface area contributed by atoms with Crippen molar-refractivity contribution in [1.82, 2.24) is 24.6 Å². The molecule has 0 fully saturated rings. The van der Waals surface area contributed by atoms with E-state index < -0.39 is 0 Å². The molecule has 0 aliphatic rings. The first-order valence-electron chi connectivity index (χ1n) is 9.60. The third-order valence-electron chi connectivity index (χ3n) is 4.61. The fourth-order valence-corrected chi connectivity index (χ4v) is 3.44. The number of benzene rings is 2. The van der Waals surface area contributed by atoms with E-state index >= 15 is 0 Å². The van der Waals surface area contributed by atoms with Gasteiger partial charge in [0, 0.05) is 24.6 Å². The molecule has 0 N–H and O–H groups in total. The van der Waals surface area contributed by atoms with Crippen molar-refractivity contribution >= 4 is 11.6 Å². The molecule has 2 aromatic carbocycles. The minimum atomic E-state index is 0.451. The van der Waals surface area contributed by atoms with Crippen LogP contribution in [0.25, 0.3) is 17.1 Å². The van der Waals surface area contributed by atoms with Crippen LogP contribution >= 0.6 is 11.6 Å². The van der Waals surface area contributed by atoms with Crippen LogP contribution in [0.5, 0.6) is 0 Å². The highest BCUT2D eigenvalue weighted by atomic mass is 35.5. The van der Waals surface area contributed by atoms with Crippen molar-refractivity contribution in [2.45, 2.75) is 26.4 Å². The van der Waals surface area contributed by atoms with Crippen LogP contribution in [0.3, 0.4) is 0 Å². The van der Waals surface area contributed by atoms with Gasteiger partial charge in [0.05, 0.1) is 23.5 Å². The molecular weight excluding hydrogens is 386 g/mol. The topological polar surface area (TPSA) is 60.0 Å². The Morgan fingerprint density at radius 1 is 1.03 bits per heavy atom. The van der Waals surface area contributed by atoms with Crippen LogP contribution in [0, 0.1) is 0 Å². The Hall–Kier alpha value is -2.96. The first-order valence-corrected chi connectivity index (χ1v) is 9.97. The SMILES string of the molecule is CCCN(Cc1ccc(-n2ccnc2)cc1)Cc1nnc(-c2ccccc2Cl)o1. The molecule has 148 valence electrons. The lowest BCUT2D eigenvalue weighted by Crippen LogP contribution is -2.23. The fraction of sp³-hybridized carbons (Fsp3) is 0.227. The van der Waals surface area contributed by atoms with Crippen LogP contribution < -0.4 is 0 Å². The molecule has 7 heteroatoms. The van der Waals surface area contributed by atoms with Gasteiger partial charge in [0.2, 0.25) is 11.8 Å². The van der Waals surface area contributed by atoms with Gasteiger partial charge >= 0.3 is 0 Å². The summed E-state index contributed by atoms with van der Waals surface area (Å²) in [5, 5.41) is 8.99. The van der Waals surface area contributed by atoms with E-state index in [1.54, 1.807) is 12.5 Å². The molecule has 29 heavy (non-hydrogen) atoms. The number of halogens is 1. The van der Waals surface area contributed by atoms with Gasteiger partial charge in [-0.15, -0.1) is 10.2 Å². The molecule has 0 aliphatic carbocycles. The highest BCUT2D eigenvalue weighted by Crippen LogP contribution is 2.26. The van der Waals surface area contributed by atoms with Crippen molar-refractivity contribution in [2.24, 2.45) is 0 Å². The van der Waals surface area contributed by atoms with Crippen molar-refractivity contribution in [3.8, 4) is 17.1 Å². The molecule has 0 amide bonds. The lowest BCUT2D eigenvalue weighted by Gasteiger charge is -2.20. The molecule has 0 bridgehead atoms. The van der Waals surface area contributed by atoms with E-state index in [0.29, 0.717) is 23.3 Å².